The molecule has 0 aliphatic carbocycles. The number of rotatable bonds is 3. The predicted octanol–water partition coefficient (Wildman–Crippen LogP) is 4.05. The Morgan fingerprint density at radius 1 is 1.06 bits per heavy atom. The van der Waals surface area contributed by atoms with Crippen LogP contribution in [0.2, 0.25) is 0 Å². The maximum absolute atomic E-state index is 5.97. The normalized spacial score (nSPS) is 10.3. The Balaban J connectivity index is 2.40. The number of hydrogen-bond donors (Lipinski definition) is 1. The molecular weight excluding hydrogens is 214 g/mol. The molecule has 0 heterocycles. The Bertz CT molecular complexity index is 480. The van der Waals surface area contributed by atoms with Gasteiger partial charge in [-0.25, -0.2) is 0 Å². The molecule has 0 amide bonds. The van der Waals surface area contributed by atoms with Gasteiger partial charge in [-0.2, -0.15) is 0 Å². The molecule has 16 heavy (non-hydrogen) atoms. The molecule has 2 aromatic rings. The zero-order valence-electron chi connectivity index (χ0n) is 9.31. The van der Waals surface area contributed by atoms with E-state index in [-0.39, 0.29) is 0 Å². The van der Waals surface area contributed by atoms with Gasteiger partial charge in [0.25, 0.3) is 0 Å². The Hall–Kier alpha value is -1.41. The number of hydrogen-bond acceptors (Lipinski definition) is 2. The smallest absolute Gasteiger partial charge is 0.0393 e. The van der Waals surface area contributed by atoms with Crippen LogP contribution in [0.4, 0.5) is 5.69 Å². The second-order valence-electron chi connectivity index (χ2n) is 3.55. The molecular formula is C14H15NS. The summed E-state index contributed by atoms with van der Waals surface area (Å²) in [5.41, 5.74) is 9.11. The molecule has 2 N–H and O–H groups in total. The van der Waals surface area contributed by atoms with Gasteiger partial charge in [-0.3, -0.25) is 0 Å². The lowest BCUT2D eigenvalue weighted by Crippen LogP contribution is -1.89. The van der Waals surface area contributed by atoms with Crippen LogP contribution in [0.15, 0.2) is 53.4 Å². The molecule has 0 fully saturated rings. The van der Waals surface area contributed by atoms with Crippen LogP contribution in [0.3, 0.4) is 0 Å². The molecule has 82 valence electrons. The van der Waals surface area contributed by atoms with Crippen LogP contribution in [0.25, 0.3) is 11.1 Å². The van der Waals surface area contributed by atoms with Crippen molar-refractivity contribution in [2.45, 2.75) is 11.8 Å². The minimum Gasteiger partial charge on any atom is -0.398 e. The third kappa shape index (κ3) is 2.39. The van der Waals surface area contributed by atoms with Gasteiger partial charge < -0.3 is 5.73 Å². The summed E-state index contributed by atoms with van der Waals surface area (Å²) in [6, 6.07) is 16.5. The van der Waals surface area contributed by atoms with Crippen LogP contribution in [0.5, 0.6) is 0 Å². The lowest BCUT2D eigenvalue weighted by Gasteiger charge is -2.07. The van der Waals surface area contributed by atoms with Gasteiger partial charge in [0.1, 0.15) is 0 Å². The Morgan fingerprint density at radius 2 is 1.88 bits per heavy atom. The fourth-order valence-electron chi connectivity index (χ4n) is 1.68. The summed E-state index contributed by atoms with van der Waals surface area (Å²) in [5.74, 6) is 1.09. The lowest BCUT2D eigenvalue weighted by atomic mass is 10.0. The molecule has 0 spiro atoms. The van der Waals surface area contributed by atoms with Crippen molar-refractivity contribution in [1.29, 1.82) is 0 Å². The largest absolute Gasteiger partial charge is 0.398 e. The molecule has 0 atom stereocenters. The number of nitrogens with two attached hydrogens (primary N) is 1. The second kappa shape index (κ2) is 5.08. The fourth-order valence-corrected chi connectivity index (χ4v) is 2.40. The van der Waals surface area contributed by atoms with Gasteiger partial charge in [0.2, 0.25) is 0 Å². The maximum Gasteiger partial charge on any atom is 0.0393 e. The third-order valence-corrected chi connectivity index (χ3v) is 3.29. The van der Waals surface area contributed by atoms with Gasteiger partial charge in [-0.05, 0) is 29.5 Å². The zero-order chi connectivity index (χ0) is 11.4. The van der Waals surface area contributed by atoms with Gasteiger partial charge in [0.05, 0.1) is 0 Å². The molecule has 0 unspecified atom stereocenters. The molecule has 2 aromatic carbocycles. The van der Waals surface area contributed by atoms with Crippen LogP contribution in [-0.2, 0) is 0 Å². The molecule has 0 aliphatic rings. The molecule has 0 aromatic heterocycles. The van der Waals surface area contributed by atoms with E-state index in [1.807, 2.05) is 30.0 Å². The highest BCUT2D eigenvalue weighted by atomic mass is 32.2. The molecule has 2 heteroatoms. The summed E-state index contributed by atoms with van der Waals surface area (Å²) < 4.78 is 0. The second-order valence-corrected chi connectivity index (χ2v) is 4.89. The lowest BCUT2D eigenvalue weighted by molar-refractivity contribution is 1.42. The van der Waals surface area contributed by atoms with Gasteiger partial charge in [0.15, 0.2) is 0 Å². The maximum atomic E-state index is 5.97. The molecule has 0 radical (unpaired) electrons. The van der Waals surface area contributed by atoms with Crippen LogP contribution in [0.1, 0.15) is 6.92 Å². The summed E-state index contributed by atoms with van der Waals surface area (Å²) in [4.78, 5) is 1.29. The molecule has 0 bridgehead atoms. The Labute approximate surface area is 101 Å². The van der Waals surface area contributed by atoms with Gasteiger partial charge >= 0.3 is 0 Å². The van der Waals surface area contributed by atoms with E-state index >= 15 is 0 Å². The fraction of sp³-hybridized carbons (Fsp3) is 0.143. The monoisotopic (exact) mass is 229 g/mol. The van der Waals surface area contributed by atoms with Crippen LogP contribution in [0, 0.1) is 0 Å². The Morgan fingerprint density at radius 3 is 2.62 bits per heavy atom. The van der Waals surface area contributed by atoms with E-state index in [1.165, 1.54) is 10.5 Å². The van der Waals surface area contributed by atoms with Crippen LogP contribution in [-0.4, -0.2) is 5.75 Å². The first-order valence-corrected chi connectivity index (χ1v) is 6.37. The van der Waals surface area contributed by atoms with E-state index < -0.39 is 0 Å². The van der Waals surface area contributed by atoms with E-state index in [1.54, 1.807) is 0 Å². The van der Waals surface area contributed by atoms with Crippen molar-refractivity contribution in [2.24, 2.45) is 0 Å². The molecule has 1 nitrogen and oxygen atoms in total. The topological polar surface area (TPSA) is 26.0 Å². The summed E-state index contributed by atoms with van der Waals surface area (Å²) in [6.45, 7) is 2.16. The van der Waals surface area contributed by atoms with Crippen LogP contribution >= 0.6 is 11.8 Å². The van der Waals surface area contributed by atoms with Crippen molar-refractivity contribution in [2.75, 3.05) is 11.5 Å². The summed E-state index contributed by atoms with van der Waals surface area (Å²) in [7, 11) is 0. The highest BCUT2D eigenvalue weighted by molar-refractivity contribution is 7.99. The number of nitrogen functional groups attached to an aromatic ring is 1. The van der Waals surface area contributed by atoms with Gasteiger partial charge in [0, 0.05) is 16.1 Å². The third-order valence-electron chi connectivity index (χ3n) is 2.42. The molecule has 0 saturated heterocycles. The minimum absolute atomic E-state index is 0.834. The van der Waals surface area contributed by atoms with E-state index in [0.29, 0.717) is 0 Å². The molecule has 0 saturated carbocycles. The first-order valence-electron chi connectivity index (χ1n) is 5.39. The summed E-state index contributed by atoms with van der Waals surface area (Å²) in [5, 5.41) is 0. The van der Waals surface area contributed by atoms with Crippen molar-refractivity contribution in [3.63, 3.8) is 0 Å². The summed E-state index contributed by atoms with van der Waals surface area (Å²) >= 11 is 1.85. The van der Waals surface area contributed by atoms with Crippen molar-refractivity contribution >= 4 is 17.4 Å². The number of anilines is 1. The molecule has 2 rings (SSSR count). The molecule has 0 aliphatic heterocycles. The van der Waals surface area contributed by atoms with Gasteiger partial charge in [-0.1, -0.05) is 37.3 Å². The first kappa shape index (κ1) is 11.1. The van der Waals surface area contributed by atoms with E-state index in [2.05, 4.69) is 37.3 Å². The van der Waals surface area contributed by atoms with Crippen molar-refractivity contribution in [1.82, 2.24) is 0 Å². The zero-order valence-corrected chi connectivity index (χ0v) is 10.1. The summed E-state index contributed by atoms with van der Waals surface area (Å²) in [6.07, 6.45) is 0. The Kier molecular flexibility index (Phi) is 3.52. The van der Waals surface area contributed by atoms with Crippen molar-refractivity contribution in [3.05, 3.63) is 48.5 Å². The first-order chi connectivity index (χ1) is 7.81. The average Bonchev–Trinajstić information content (AvgIpc) is 2.30. The van der Waals surface area contributed by atoms with Crippen molar-refractivity contribution < 1.29 is 0 Å². The van der Waals surface area contributed by atoms with E-state index in [9.17, 15) is 0 Å². The van der Waals surface area contributed by atoms with Gasteiger partial charge in [-0.15, -0.1) is 11.8 Å². The van der Waals surface area contributed by atoms with Crippen LogP contribution < -0.4 is 5.73 Å². The number of thioether (sulfide) groups is 1. The highest BCUT2D eigenvalue weighted by Crippen LogP contribution is 2.28. The standard InChI is InChI=1S/C14H15NS/c1-2-16-12-7-5-6-11(10-12)13-8-3-4-9-14(13)15/h3-10H,2,15H2,1H3. The quantitative estimate of drug-likeness (QED) is 0.634. The van der Waals surface area contributed by atoms with E-state index in [4.69, 9.17) is 5.73 Å². The predicted molar refractivity (Wildman–Crippen MR) is 72.7 cm³/mol. The number of para-hydroxylation sites is 1. The SMILES string of the molecule is CCSc1cccc(-c2ccccc2N)c1. The average molecular weight is 229 g/mol. The number of benzene rings is 2. The van der Waals surface area contributed by atoms with E-state index in [0.717, 1.165) is 17.0 Å². The highest BCUT2D eigenvalue weighted by Gasteiger charge is 2.02. The minimum atomic E-state index is 0.834. The van der Waals surface area contributed by atoms with Crippen molar-refractivity contribution in [3.8, 4) is 11.1 Å².